The molecule has 0 radical (unpaired) electrons. The first-order valence-corrected chi connectivity index (χ1v) is 7.28. The average Bonchev–Trinajstić information content (AvgIpc) is 2.95. The molecule has 8 heteroatoms. The monoisotopic (exact) mass is 318 g/mol. The molecule has 22 heavy (non-hydrogen) atoms. The van der Waals surface area contributed by atoms with Crippen LogP contribution in [0.1, 0.15) is 6.92 Å². The predicted molar refractivity (Wildman–Crippen MR) is 84.2 cm³/mol. The van der Waals surface area contributed by atoms with Gasteiger partial charge < -0.3 is 14.6 Å². The zero-order valence-electron chi connectivity index (χ0n) is 12.0. The number of hydrogen-bond donors (Lipinski definition) is 1. The minimum Gasteiger partial charge on any atom is -0.490 e. The van der Waals surface area contributed by atoms with Gasteiger partial charge in [0.25, 0.3) is 0 Å². The molecule has 3 heterocycles. The second kappa shape index (κ2) is 6.57. The van der Waals surface area contributed by atoms with Gasteiger partial charge in [0.15, 0.2) is 11.5 Å². The number of aryl methyl sites for hydroxylation is 1. The SMILES string of the molecule is CCn1cnc2c(NCCOc3cncc(Cl)c3)ncnc21. The Bertz CT molecular complexity index is 775. The third kappa shape index (κ3) is 3.09. The van der Waals surface area contributed by atoms with E-state index in [0.29, 0.717) is 29.7 Å². The highest BCUT2D eigenvalue weighted by molar-refractivity contribution is 6.30. The molecule has 7 nitrogen and oxygen atoms in total. The molecule has 3 aromatic heterocycles. The fourth-order valence-corrected chi connectivity index (χ4v) is 2.21. The van der Waals surface area contributed by atoms with E-state index >= 15 is 0 Å². The summed E-state index contributed by atoms with van der Waals surface area (Å²) in [5, 5.41) is 3.75. The first-order chi connectivity index (χ1) is 10.8. The molecule has 3 aromatic rings. The molecule has 0 aromatic carbocycles. The number of halogens is 1. The van der Waals surface area contributed by atoms with Crippen LogP contribution in [0.25, 0.3) is 11.2 Å². The van der Waals surface area contributed by atoms with E-state index < -0.39 is 0 Å². The average molecular weight is 319 g/mol. The van der Waals surface area contributed by atoms with E-state index in [0.717, 1.165) is 17.7 Å². The lowest BCUT2D eigenvalue weighted by Gasteiger charge is -2.08. The summed E-state index contributed by atoms with van der Waals surface area (Å²) in [7, 11) is 0. The van der Waals surface area contributed by atoms with E-state index in [1.807, 2.05) is 11.5 Å². The van der Waals surface area contributed by atoms with E-state index in [9.17, 15) is 0 Å². The highest BCUT2D eigenvalue weighted by Crippen LogP contribution is 2.17. The lowest BCUT2D eigenvalue weighted by atomic mass is 10.4. The minimum atomic E-state index is 0.460. The quantitative estimate of drug-likeness (QED) is 0.703. The van der Waals surface area contributed by atoms with E-state index in [1.54, 1.807) is 24.8 Å². The molecule has 0 unspecified atom stereocenters. The molecule has 114 valence electrons. The zero-order valence-corrected chi connectivity index (χ0v) is 12.8. The molecule has 0 spiro atoms. The molecular weight excluding hydrogens is 304 g/mol. The second-order valence-corrected chi connectivity index (χ2v) is 4.98. The third-order valence-electron chi connectivity index (χ3n) is 3.08. The number of pyridine rings is 1. The van der Waals surface area contributed by atoms with Crippen LogP contribution in [0, 0.1) is 0 Å². The number of anilines is 1. The lowest BCUT2D eigenvalue weighted by Crippen LogP contribution is -2.13. The molecule has 0 aliphatic rings. The maximum Gasteiger partial charge on any atom is 0.165 e. The summed E-state index contributed by atoms with van der Waals surface area (Å²) >= 11 is 5.85. The molecule has 0 aliphatic carbocycles. The van der Waals surface area contributed by atoms with E-state index in [2.05, 4.69) is 25.3 Å². The number of fused-ring (bicyclic) bond motifs is 1. The molecule has 0 aliphatic heterocycles. The smallest absolute Gasteiger partial charge is 0.165 e. The van der Waals surface area contributed by atoms with Gasteiger partial charge in [0.2, 0.25) is 0 Å². The van der Waals surface area contributed by atoms with Crippen LogP contribution in [0.5, 0.6) is 5.75 Å². The van der Waals surface area contributed by atoms with Gasteiger partial charge in [-0.25, -0.2) is 15.0 Å². The first-order valence-electron chi connectivity index (χ1n) is 6.91. The van der Waals surface area contributed by atoms with Gasteiger partial charge in [0, 0.05) is 18.8 Å². The molecule has 1 N–H and O–H groups in total. The lowest BCUT2D eigenvalue weighted by molar-refractivity contribution is 0.331. The molecular formula is C14H15ClN6O. The van der Waals surface area contributed by atoms with Crippen molar-refractivity contribution in [1.29, 1.82) is 0 Å². The maximum absolute atomic E-state index is 5.85. The summed E-state index contributed by atoms with van der Waals surface area (Å²) in [6, 6.07) is 1.72. The number of ether oxygens (including phenoxy) is 1. The Hall–Kier alpha value is -2.41. The Labute approximate surface area is 132 Å². The van der Waals surface area contributed by atoms with Gasteiger partial charge in [-0.3, -0.25) is 4.98 Å². The Balaban J connectivity index is 1.61. The number of aromatic nitrogens is 5. The summed E-state index contributed by atoms with van der Waals surface area (Å²) in [6.45, 7) is 3.90. The first kappa shape index (κ1) is 14.5. The molecule has 0 saturated carbocycles. The van der Waals surface area contributed by atoms with Crippen LogP contribution in [0.4, 0.5) is 5.82 Å². The van der Waals surface area contributed by atoms with E-state index in [1.165, 1.54) is 6.33 Å². The summed E-state index contributed by atoms with van der Waals surface area (Å²) in [4.78, 5) is 16.8. The number of hydrogen-bond acceptors (Lipinski definition) is 6. The van der Waals surface area contributed by atoms with Crippen molar-refractivity contribution in [2.75, 3.05) is 18.5 Å². The van der Waals surface area contributed by atoms with Gasteiger partial charge in [-0.2, -0.15) is 0 Å². The molecule has 0 atom stereocenters. The highest BCUT2D eigenvalue weighted by Gasteiger charge is 2.08. The van der Waals surface area contributed by atoms with E-state index in [4.69, 9.17) is 16.3 Å². The van der Waals surface area contributed by atoms with Crippen molar-refractivity contribution in [2.24, 2.45) is 0 Å². The van der Waals surface area contributed by atoms with Crippen LogP contribution >= 0.6 is 11.6 Å². The van der Waals surface area contributed by atoms with E-state index in [-0.39, 0.29) is 0 Å². The number of nitrogens with one attached hydrogen (secondary N) is 1. The van der Waals surface area contributed by atoms with Crippen LogP contribution < -0.4 is 10.1 Å². The fourth-order valence-electron chi connectivity index (χ4n) is 2.05. The van der Waals surface area contributed by atoms with Gasteiger partial charge >= 0.3 is 0 Å². The number of imidazole rings is 1. The van der Waals surface area contributed by atoms with Gasteiger partial charge in [0.1, 0.15) is 24.2 Å². The Morgan fingerprint density at radius 1 is 1.27 bits per heavy atom. The Morgan fingerprint density at radius 3 is 3.00 bits per heavy atom. The van der Waals surface area contributed by atoms with Gasteiger partial charge in [-0.05, 0) is 6.92 Å². The molecule has 0 amide bonds. The van der Waals surface area contributed by atoms with Crippen molar-refractivity contribution in [3.05, 3.63) is 36.1 Å². The maximum atomic E-state index is 5.85. The van der Waals surface area contributed by atoms with Crippen molar-refractivity contribution in [3.63, 3.8) is 0 Å². The summed E-state index contributed by atoms with van der Waals surface area (Å²) in [5.74, 6) is 1.34. The minimum absolute atomic E-state index is 0.460. The molecule has 0 saturated heterocycles. The van der Waals surface area contributed by atoms with Gasteiger partial charge in [0.05, 0.1) is 24.1 Å². The molecule has 0 fully saturated rings. The topological polar surface area (TPSA) is 77.8 Å². The van der Waals surface area contributed by atoms with Crippen molar-refractivity contribution >= 4 is 28.6 Å². The summed E-state index contributed by atoms with van der Waals surface area (Å²) in [6.07, 6.45) is 6.48. The van der Waals surface area contributed by atoms with Gasteiger partial charge in [-0.1, -0.05) is 11.6 Å². The molecule has 3 rings (SSSR count). The standard InChI is InChI=1S/C14H15ClN6O/c1-2-21-9-20-12-13(18-8-19-14(12)21)17-3-4-22-11-5-10(15)6-16-7-11/h5-9H,2-4H2,1H3,(H,17,18,19). The highest BCUT2D eigenvalue weighted by atomic mass is 35.5. The second-order valence-electron chi connectivity index (χ2n) is 4.54. The van der Waals surface area contributed by atoms with Gasteiger partial charge in [-0.15, -0.1) is 0 Å². The largest absolute Gasteiger partial charge is 0.490 e. The third-order valence-corrected chi connectivity index (χ3v) is 3.29. The Morgan fingerprint density at radius 2 is 2.18 bits per heavy atom. The van der Waals surface area contributed by atoms with Crippen molar-refractivity contribution in [2.45, 2.75) is 13.5 Å². The van der Waals surface area contributed by atoms with Crippen molar-refractivity contribution in [3.8, 4) is 5.75 Å². The molecule has 0 bridgehead atoms. The summed E-state index contributed by atoms with van der Waals surface area (Å²) in [5.41, 5.74) is 1.58. The fraction of sp³-hybridized carbons (Fsp3) is 0.286. The van der Waals surface area contributed by atoms with Crippen LogP contribution in [0.15, 0.2) is 31.1 Å². The zero-order chi connectivity index (χ0) is 15.4. The van der Waals surface area contributed by atoms with Crippen LogP contribution in [-0.4, -0.2) is 37.7 Å². The predicted octanol–water partition coefficient (Wildman–Crippen LogP) is 2.39. The number of rotatable bonds is 6. The Kier molecular flexibility index (Phi) is 4.34. The van der Waals surface area contributed by atoms with Crippen molar-refractivity contribution in [1.82, 2.24) is 24.5 Å². The van der Waals surface area contributed by atoms with Crippen LogP contribution in [-0.2, 0) is 6.54 Å². The number of nitrogens with zero attached hydrogens (tertiary/aromatic N) is 5. The normalized spacial score (nSPS) is 10.8. The summed E-state index contributed by atoms with van der Waals surface area (Å²) < 4.78 is 7.54. The van der Waals surface area contributed by atoms with Crippen LogP contribution in [0.3, 0.4) is 0 Å². The van der Waals surface area contributed by atoms with Crippen LogP contribution in [0.2, 0.25) is 5.02 Å². The van der Waals surface area contributed by atoms with Crippen molar-refractivity contribution < 1.29 is 4.74 Å².